The summed E-state index contributed by atoms with van der Waals surface area (Å²) in [7, 11) is 1.83. The molecule has 0 aliphatic heterocycles. The number of carbonyl (C=O) groups is 1. The van der Waals surface area contributed by atoms with Gasteiger partial charge in [-0.1, -0.05) is 29.8 Å². The van der Waals surface area contributed by atoms with E-state index in [0.717, 1.165) is 27.6 Å². The van der Waals surface area contributed by atoms with Crippen LogP contribution in [0.25, 0.3) is 22.0 Å². The lowest BCUT2D eigenvalue weighted by Crippen LogP contribution is -2.16. The molecular weight excluding hydrogens is 286 g/mol. The Bertz CT molecular complexity index is 973. The van der Waals surface area contributed by atoms with Crippen molar-refractivity contribution >= 4 is 16.8 Å². The zero-order valence-electron chi connectivity index (χ0n) is 13.3. The van der Waals surface area contributed by atoms with Gasteiger partial charge in [-0.3, -0.25) is 4.79 Å². The zero-order chi connectivity index (χ0) is 16.7. The van der Waals surface area contributed by atoms with Crippen molar-refractivity contribution in [2.24, 2.45) is 12.8 Å². The Hall–Kier alpha value is -3.06. The van der Waals surface area contributed by atoms with Gasteiger partial charge >= 0.3 is 0 Å². The summed E-state index contributed by atoms with van der Waals surface area (Å²) in [6.45, 7) is 3.89. The van der Waals surface area contributed by atoms with E-state index in [1.54, 1.807) is 0 Å². The van der Waals surface area contributed by atoms with Gasteiger partial charge in [-0.25, -0.2) is 0 Å². The van der Waals surface area contributed by atoms with Gasteiger partial charge in [-0.2, -0.15) is 5.26 Å². The molecule has 2 aromatic carbocycles. The van der Waals surface area contributed by atoms with E-state index in [1.807, 2.05) is 61.9 Å². The van der Waals surface area contributed by atoms with Crippen LogP contribution in [0.5, 0.6) is 0 Å². The smallest absolute Gasteiger partial charge is 0.265 e. The molecule has 1 amide bonds. The molecule has 4 heteroatoms. The van der Waals surface area contributed by atoms with Crippen LogP contribution >= 0.6 is 0 Å². The summed E-state index contributed by atoms with van der Waals surface area (Å²) in [4.78, 5) is 11.8. The number of nitriles is 1. The quantitative estimate of drug-likeness (QED) is 0.787. The first-order valence-electron chi connectivity index (χ1n) is 7.34. The molecule has 0 spiro atoms. The van der Waals surface area contributed by atoms with Crippen molar-refractivity contribution in [3.63, 3.8) is 0 Å². The number of carbonyl (C=O) groups excluding carboxylic acids is 1. The standard InChI is InChI=1S/C19H17N3O/c1-11-4-6-14(7-5-11)16-9-13(10-20)8-15-12(2)17(19(21)23)22(3)18(15)16/h4-9H,1-3H3,(H2,21,23). The number of amides is 1. The minimum absolute atomic E-state index is 0.463. The monoisotopic (exact) mass is 303 g/mol. The first kappa shape index (κ1) is 14.9. The Morgan fingerprint density at radius 1 is 1.17 bits per heavy atom. The highest BCUT2D eigenvalue weighted by Gasteiger charge is 2.19. The van der Waals surface area contributed by atoms with Gasteiger partial charge < -0.3 is 10.3 Å². The second-order valence-corrected chi connectivity index (χ2v) is 5.79. The number of hydrogen-bond donors (Lipinski definition) is 1. The average molecular weight is 303 g/mol. The van der Waals surface area contributed by atoms with Crippen molar-refractivity contribution in [3.05, 3.63) is 58.8 Å². The molecule has 4 nitrogen and oxygen atoms in total. The lowest BCUT2D eigenvalue weighted by Gasteiger charge is -2.09. The summed E-state index contributed by atoms with van der Waals surface area (Å²) in [6, 6.07) is 14.0. The first-order valence-corrected chi connectivity index (χ1v) is 7.34. The molecule has 0 radical (unpaired) electrons. The number of hydrogen-bond acceptors (Lipinski definition) is 2. The number of nitrogens with two attached hydrogens (primary N) is 1. The largest absolute Gasteiger partial charge is 0.364 e. The molecule has 0 saturated carbocycles. The molecule has 3 aromatic rings. The molecule has 23 heavy (non-hydrogen) atoms. The van der Waals surface area contributed by atoms with Crippen LogP contribution in [0.2, 0.25) is 0 Å². The van der Waals surface area contributed by atoms with Crippen molar-refractivity contribution in [3.8, 4) is 17.2 Å². The highest BCUT2D eigenvalue weighted by atomic mass is 16.1. The van der Waals surface area contributed by atoms with E-state index >= 15 is 0 Å². The fourth-order valence-corrected chi connectivity index (χ4v) is 3.14. The van der Waals surface area contributed by atoms with Crippen LogP contribution in [-0.2, 0) is 7.05 Å². The molecular formula is C19H17N3O. The minimum atomic E-state index is -0.463. The molecule has 0 aliphatic rings. The van der Waals surface area contributed by atoms with Gasteiger partial charge in [0.05, 0.1) is 17.1 Å². The number of aryl methyl sites for hydroxylation is 3. The summed E-state index contributed by atoms with van der Waals surface area (Å²) in [5.41, 5.74) is 11.4. The minimum Gasteiger partial charge on any atom is -0.364 e. The van der Waals surface area contributed by atoms with Gasteiger partial charge in [0.1, 0.15) is 5.69 Å². The molecule has 0 atom stereocenters. The first-order chi connectivity index (χ1) is 10.9. The number of benzene rings is 2. The Balaban J connectivity index is 2.45. The maximum absolute atomic E-state index is 11.8. The second-order valence-electron chi connectivity index (χ2n) is 5.79. The van der Waals surface area contributed by atoms with Crippen LogP contribution in [0.15, 0.2) is 36.4 Å². The third-order valence-electron chi connectivity index (χ3n) is 4.27. The van der Waals surface area contributed by atoms with Crippen LogP contribution in [0.3, 0.4) is 0 Å². The van der Waals surface area contributed by atoms with E-state index in [2.05, 4.69) is 6.07 Å². The van der Waals surface area contributed by atoms with Gasteiger partial charge in [0, 0.05) is 18.0 Å². The number of rotatable bonds is 2. The van der Waals surface area contributed by atoms with Crippen LogP contribution in [0.4, 0.5) is 0 Å². The van der Waals surface area contributed by atoms with Crippen LogP contribution < -0.4 is 5.73 Å². The number of fused-ring (bicyclic) bond motifs is 1. The third-order valence-corrected chi connectivity index (χ3v) is 4.27. The van der Waals surface area contributed by atoms with Gasteiger partial charge in [-0.05, 0) is 37.1 Å². The summed E-state index contributed by atoms with van der Waals surface area (Å²) < 4.78 is 1.82. The van der Waals surface area contributed by atoms with Crippen molar-refractivity contribution in [2.45, 2.75) is 13.8 Å². The van der Waals surface area contributed by atoms with Crippen LogP contribution in [0, 0.1) is 25.2 Å². The molecule has 1 heterocycles. The van der Waals surface area contributed by atoms with Gasteiger partial charge in [0.15, 0.2) is 0 Å². The van der Waals surface area contributed by atoms with E-state index in [9.17, 15) is 10.1 Å². The normalized spacial score (nSPS) is 10.7. The Morgan fingerprint density at radius 3 is 2.39 bits per heavy atom. The summed E-state index contributed by atoms with van der Waals surface area (Å²) >= 11 is 0. The number of nitrogens with zero attached hydrogens (tertiary/aromatic N) is 2. The second kappa shape index (κ2) is 5.29. The average Bonchev–Trinajstić information content (AvgIpc) is 2.78. The highest BCUT2D eigenvalue weighted by molar-refractivity contribution is 6.05. The summed E-state index contributed by atoms with van der Waals surface area (Å²) in [5, 5.41) is 10.2. The van der Waals surface area contributed by atoms with Gasteiger partial charge in [-0.15, -0.1) is 0 Å². The Labute approximate surface area is 134 Å². The fourth-order valence-electron chi connectivity index (χ4n) is 3.14. The predicted octanol–water partition coefficient (Wildman–Crippen LogP) is 3.43. The summed E-state index contributed by atoms with van der Waals surface area (Å²) in [6.07, 6.45) is 0. The van der Waals surface area contributed by atoms with Crippen molar-refractivity contribution in [1.82, 2.24) is 4.57 Å². The third kappa shape index (κ3) is 2.27. The van der Waals surface area contributed by atoms with E-state index in [1.165, 1.54) is 5.56 Å². The summed E-state index contributed by atoms with van der Waals surface area (Å²) in [5.74, 6) is -0.463. The fraction of sp³-hybridized carbons (Fsp3) is 0.158. The number of aromatic nitrogens is 1. The molecule has 2 N–H and O–H groups in total. The lowest BCUT2D eigenvalue weighted by atomic mass is 9.98. The van der Waals surface area contributed by atoms with Crippen LogP contribution in [-0.4, -0.2) is 10.5 Å². The molecule has 0 bridgehead atoms. The molecule has 3 rings (SSSR count). The van der Waals surface area contributed by atoms with Crippen LogP contribution in [0.1, 0.15) is 27.2 Å². The maximum Gasteiger partial charge on any atom is 0.265 e. The van der Waals surface area contributed by atoms with Crippen molar-refractivity contribution in [1.29, 1.82) is 5.26 Å². The Kier molecular flexibility index (Phi) is 3.42. The van der Waals surface area contributed by atoms with E-state index in [4.69, 9.17) is 5.73 Å². The van der Waals surface area contributed by atoms with Gasteiger partial charge in [0.2, 0.25) is 0 Å². The van der Waals surface area contributed by atoms with E-state index in [-0.39, 0.29) is 0 Å². The predicted molar refractivity (Wildman–Crippen MR) is 91.1 cm³/mol. The molecule has 114 valence electrons. The SMILES string of the molecule is Cc1ccc(-c2cc(C#N)cc3c(C)c(C(N)=O)n(C)c23)cc1. The molecule has 0 aliphatic carbocycles. The zero-order valence-corrected chi connectivity index (χ0v) is 13.3. The molecule has 0 unspecified atom stereocenters. The van der Waals surface area contributed by atoms with Crippen molar-refractivity contribution in [2.75, 3.05) is 0 Å². The highest BCUT2D eigenvalue weighted by Crippen LogP contribution is 2.34. The number of primary amides is 1. The van der Waals surface area contributed by atoms with E-state index in [0.29, 0.717) is 11.3 Å². The van der Waals surface area contributed by atoms with E-state index < -0.39 is 5.91 Å². The topological polar surface area (TPSA) is 71.8 Å². The van der Waals surface area contributed by atoms with Crippen molar-refractivity contribution < 1.29 is 4.79 Å². The molecule has 1 aromatic heterocycles. The molecule has 0 saturated heterocycles. The molecule has 0 fully saturated rings. The Morgan fingerprint density at radius 2 is 1.83 bits per heavy atom. The lowest BCUT2D eigenvalue weighted by molar-refractivity contribution is 0.0992. The maximum atomic E-state index is 11.8. The van der Waals surface area contributed by atoms with Gasteiger partial charge in [0.25, 0.3) is 5.91 Å².